The van der Waals surface area contributed by atoms with E-state index in [9.17, 15) is 13.6 Å². The van der Waals surface area contributed by atoms with Gasteiger partial charge in [-0.1, -0.05) is 0 Å². The molecule has 126 valence electrons. The van der Waals surface area contributed by atoms with Crippen LogP contribution in [0.3, 0.4) is 0 Å². The summed E-state index contributed by atoms with van der Waals surface area (Å²) in [5, 5.41) is 0. The van der Waals surface area contributed by atoms with Crippen molar-refractivity contribution in [2.45, 2.75) is 31.4 Å². The van der Waals surface area contributed by atoms with Gasteiger partial charge in [0.1, 0.15) is 5.69 Å². The van der Waals surface area contributed by atoms with Crippen LogP contribution in [0.25, 0.3) is 0 Å². The topological polar surface area (TPSA) is 58.6 Å². The Morgan fingerprint density at radius 3 is 2.87 bits per heavy atom. The molecule has 3 rings (SSSR count). The van der Waals surface area contributed by atoms with Gasteiger partial charge in [-0.3, -0.25) is 14.7 Å². The van der Waals surface area contributed by atoms with Gasteiger partial charge in [0.05, 0.1) is 19.3 Å². The Balaban J connectivity index is 1.58. The first-order valence-electron chi connectivity index (χ1n) is 7.77. The van der Waals surface area contributed by atoms with Gasteiger partial charge in [-0.25, -0.2) is 13.8 Å². The number of nitrogens with zero attached hydrogens (tertiary/aromatic N) is 4. The lowest BCUT2D eigenvalue weighted by atomic mass is 10.1. The first-order valence-corrected chi connectivity index (χ1v) is 7.77. The number of ether oxygens (including phenoxy) is 1. The first kappa shape index (κ1) is 16.2. The van der Waals surface area contributed by atoms with Crippen LogP contribution >= 0.6 is 0 Å². The van der Waals surface area contributed by atoms with Crippen LogP contribution in [0.5, 0.6) is 0 Å². The first-order chi connectivity index (χ1) is 11.0. The monoisotopic (exact) mass is 326 g/mol. The second-order valence-corrected chi connectivity index (χ2v) is 6.00. The van der Waals surface area contributed by atoms with Crippen LogP contribution in [0, 0.1) is 0 Å². The van der Waals surface area contributed by atoms with Gasteiger partial charge < -0.3 is 9.64 Å². The fourth-order valence-corrected chi connectivity index (χ4v) is 3.16. The molecule has 0 aromatic carbocycles. The van der Waals surface area contributed by atoms with E-state index >= 15 is 0 Å². The van der Waals surface area contributed by atoms with Crippen LogP contribution in [0.15, 0.2) is 18.6 Å². The lowest BCUT2D eigenvalue weighted by Gasteiger charge is -2.45. The van der Waals surface area contributed by atoms with E-state index in [1.165, 1.54) is 18.6 Å². The summed E-state index contributed by atoms with van der Waals surface area (Å²) in [5.74, 6) is -2.89. The third kappa shape index (κ3) is 3.48. The van der Waals surface area contributed by atoms with Gasteiger partial charge in [0.2, 0.25) is 0 Å². The standard InChI is InChI=1S/C15H20F2N4O2/c1-2-23-9-11-5-15(16,17)10-21(11)12-7-20(8-12)14(22)13-6-18-3-4-19-13/h3-4,6,11-12H,2,5,7-10H2,1H3/t11-/m0/s1. The summed E-state index contributed by atoms with van der Waals surface area (Å²) in [6.07, 6.45) is 4.20. The zero-order valence-corrected chi connectivity index (χ0v) is 13.0. The Morgan fingerprint density at radius 2 is 2.22 bits per heavy atom. The summed E-state index contributed by atoms with van der Waals surface area (Å²) in [6, 6.07) is -0.335. The van der Waals surface area contributed by atoms with Gasteiger partial charge in [-0.2, -0.15) is 0 Å². The van der Waals surface area contributed by atoms with E-state index in [1.807, 2.05) is 6.92 Å². The third-order valence-electron chi connectivity index (χ3n) is 4.33. The van der Waals surface area contributed by atoms with E-state index < -0.39 is 5.92 Å². The molecular weight excluding hydrogens is 306 g/mol. The Kier molecular flexibility index (Phi) is 4.54. The van der Waals surface area contributed by atoms with Crippen molar-refractivity contribution in [3.63, 3.8) is 0 Å². The average Bonchev–Trinajstić information content (AvgIpc) is 2.79. The van der Waals surface area contributed by atoms with E-state index in [2.05, 4.69) is 9.97 Å². The van der Waals surface area contributed by atoms with Crippen LogP contribution < -0.4 is 0 Å². The van der Waals surface area contributed by atoms with Gasteiger partial charge in [-0.15, -0.1) is 0 Å². The highest BCUT2D eigenvalue weighted by molar-refractivity contribution is 5.92. The highest BCUT2D eigenvalue weighted by Gasteiger charge is 2.50. The van der Waals surface area contributed by atoms with Crippen molar-refractivity contribution in [2.24, 2.45) is 0 Å². The van der Waals surface area contributed by atoms with E-state index in [1.54, 1.807) is 9.80 Å². The molecule has 1 aromatic heterocycles. The van der Waals surface area contributed by atoms with E-state index in [-0.39, 0.29) is 36.7 Å². The Hall–Kier alpha value is -1.67. The lowest BCUT2D eigenvalue weighted by Crippen LogP contribution is -2.62. The number of aromatic nitrogens is 2. The molecule has 1 amide bonds. The predicted octanol–water partition coefficient (Wildman–Crippen LogP) is 1.05. The van der Waals surface area contributed by atoms with Gasteiger partial charge in [0.15, 0.2) is 0 Å². The van der Waals surface area contributed by atoms with Gasteiger partial charge in [-0.05, 0) is 6.92 Å². The van der Waals surface area contributed by atoms with Crippen molar-refractivity contribution in [1.29, 1.82) is 0 Å². The molecule has 1 atom stereocenters. The third-order valence-corrected chi connectivity index (χ3v) is 4.33. The fraction of sp³-hybridized carbons (Fsp3) is 0.667. The van der Waals surface area contributed by atoms with Crippen LogP contribution in [0.4, 0.5) is 8.78 Å². The molecule has 2 aliphatic heterocycles. The normalized spacial score (nSPS) is 24.7. The van der Waals surface area contributed by atoms with Crippen LogP contribution in [-0.4, -0.2) is 76.5 Å². The Morgan fingerprint density at radius 1 is 1.43 bits per heavy atom. The van der Waals surface area contributed by atoms with Crippen LogP contribution in [-0.2, 0) is 4.74 Å². The fourth-order valence-electron chi connectivity index (χ4n) is 3.16. The minimum Gasteiger partial charge on any atom is -0.380 e. The summed E-state index contributed by atoms with van der Waals surface area (Å²) in [7, 11) is 0. The largest absolute Gasteiger partial charge is 0.380 e. The highest BCUT2D eigenvalue weighted by atomic mass is 19.3. The molecule has 0 unspecified atom stereocenters. The maximum atomic E-state index is 13.7. The number of hydrogen-bond donors (Lipinski definition) is 0. The molecule has 0 aliphatic carbocycles. The van der Waals surface area contributed by atoms with Gasteiger partial charge >= 0.3 is 0 Å². The summed E-state index contributed by atoms with van der Waals surface area (Å²) >= 11 is 0. The highest BCUT2D eigenvalue weighted by Crippen LogP contribution is 2.35. The molecular formula is C15H20F2N4O2. The van der Waals surface area contributed by atoms with E-state index in [0.717, 1.165) is 0 Å². The van der Waals surface area contributed by atoms with Crippen LogP contribution in [0.2, 0.25) is 0 Å². The number of carbonyl (C=O) groups excluding carboxylic acids is 1. The number of carbonyl (C=O) groups is 1. The molecule has 0 saturated carbocycles. The quantitative estimate of drug-likeness (QED) is 0.809. The molecule has 1 aromatic rings. The molecule has 6 nitrogen and oxygen atoms in total. The lowest BCUT2D eigenvalue weighted by molar-refractivity contribution is -0.0150. The van der Waals surface area contributed by atoms with E-state index in [4.69, 9.17) is 4.74 Å². The van der Waals surface area contributed by atoms with Crippen molar-refractivity contribution < 1.29 is 18.3 Å². The predicted molar refractivity (Wildman–Crippen MR) is 78.3 cm³/mol. The number of rotatable bonds is 5. The van der Waals surface area contributed by atoms with Crippen molar-refractivity contribution in [1.82, 2.24) is 19.8 Å². The number of amides is 1. The molecule has 2 fully saturated rings. The van der Waals surface area contributed by atoms with Crippen molar-refractivity contribution in [2.75, 3.05) is 32.8 Å². The minimum atomic E-state index is -2.68. The average molecular weight is 326 g/mol. The zero-order valence-electron chi connectivity index (χ0n) is 13.0. The maximum Gasteiger partial charge on any atom is 0.274 e. The van der Waals surface area contributed by atoms with E-state index in [0.29, 0.717) is 26.3 Å². The van der Waals surface area contributed by atoms with Crippen molar-refractivity contribution in [3.05, 3.63) is 24.3 Å². The summed E-state index contributed by atoms with van der Waals surface area (Å²) < 4.78 is 32.8. The number of halogens is 2. The second kappa shape index (κ2) is 6.45. The minimum absolute atomic E-state index is 0.0468. The SMILES string of the molecule is CCOC[C@@H]1CC(F)(F)CN1C1CN(C(=O)c2cnccn2)C1. The van der Waals surface area contributed by atoms with Crippen molar-refractivity contribution >= 4 is 5.91 Å². The Bertz CT molecular complexity index is 552. The Labute approximate surface area is 133 Å². The second-order valence-electron chi connectivity index (χ2n) is 6.00. The van der Waals surface area contributed by atoms with Crippen molar-refractivity contribution in [3.8, 4) is 0 Å². The maximum absolute atomic E-state index is 13.7. The molecule has 0 spiro atoms. The molecule has 2 aliphatic rings. The summed E-state index contributed by atoms with van der Waals surface area (Å²) in [4.78, 5) is 23.4. The number of alkyl halides is 2. The number of hydrogen-bond acceptors (Lipinski definition) is 5. The molecule has 0 radical (unpaired) electrons. The molecule has 0 N–H and O–H groups in total. The molecule has 3 heterocycles. The summed E-state index contributed by atoms with van der Waals surface area (Å²) in [6.45, 7) is 3.28. The smallest absolute Gasteiger partial charge is 0.274 e. The molecule has 2 saturated heterocycles. The zero-order chi connectivity index (χ0) is 16.4. The van der Waals surface area contributed by atoms with Crippen LogP contribution in [0.1, 0.15) is 23.8 Å². The number of likely N-dealkylation sites (tertiary alicyclic amines) is 2. The molecule has 8 heteroatoms. The molecule has 23 heavy (non-hydrogen) atoms. The molecule has 0 bridgehead atoms. The summed E-state index contributed by atoms with van der Waals surface area (Å²) in [5.41, 5.74) is 0.281. The van der Waals surface area contributed by atoms with Gasteiger partial charge in [0.25, 0.3) is 11.8 Å². The van der Waals surface area contributed by atoms with Gasteiger partial charge in [0, 0.05) is 50.6 Å².